The van der Waals surface area contributed by atoms with Gasteiger partial charge in [0.2, 0.25) is 0 Å². The van der Waals surface area contributed by atoms with Crippen molar-refractivity contribution in [3.63, 3.8) is 0 Å². The summed E-state index contributed by atoms with van der Waals surface area (Å²) in [6.45, 7) is 3.21. The lowest BCUT2D eigenvalue weighted by Crippen LogP contribution is -2.50. The molecule has 0 saturated carbocycles. The predicted molar refractivity (Wildman–Crippen MR) is 82.6 cm³/mol. The maximum atomic E-state index is 11.7. The fourth-order valence-corrected chi connectivity index (χ4v) is 2.92. The van der Waals surface area contributed by atoms with E-state index in [1.54, 1.807) is 6.92 Å². The van der Waals surface area contributed by atoms with Gasteiger partial charge in [-0.05, 0) is 19.9 Å². The average Bonchev–Trinajstić information content (AvgIpc) is 2.61. The summed E-state index contributed by atoms with van der Waals surface area (Å²) in [6.07, 6.45) is 0.358. The highest BCUT2D eigenvalue weighted by molar-refractivity contribution is 5.71. The van der Waals surface area contributed by atoms with Crippen molar-refractivity contribution in [3.8, 4) is 24.3 Å². The Morgan fingerprint density at radius 1 is 1.28 bits per heavy atom. The molecule has 0 N–H and O–H groups in total. The Morgan fingerprint density at radius 2 is 1.88 bits per heavy atom. The molecule has 0 spiro atoms. The van der Waals surface area contributed by atoms with Gasteiger partial charge in [0.05, 0.1) is 42.6 Å². The first-order chi connectivity index (χ1) is 11.9. The van der Waals surface area contributed by atoms with Crippen LogP contribution < -0.4 is 0 Å². The molecule has 0 fully saturated rings. The van der Waals surface area contributed by atoms with E-state index in [9.17, 15) is 25.8 Å². The van der Waals surface area contributed by atoms with Crippen molar-refractivity contribution >= 4 is 5.97 Å². The highest BCUT2D eigenvalue weighted by atomic mass is 16.6. The van der Waals surface area contributed by atoms with Crippen LogP contribution in [0.1, 0.15) is 20.3 Å². The lowest BCUT2D eigenvalue weighted by atomic mass is 9.54. The molecule has 0 aliphatic heterocycles. The molecule has 1 rings (SSSR count). The summed E-state index contributed by atoms with van der Waals surface area (Å²) in [7, 11) is 1.32. The Hall–Kier alpha value is -3.07. The number of methoxy groups -OCH3 is 1. The Labute approximate surface area is 146 Å². The molecule has 25 heavy (non-hydrogen) atoms. The van der Waals surface area contributed by atoms with Gasteiger partial charge in [-0.2, -0.15) is 21.0 Å². The zero-order valence-electron chi connectivity index (χ0n) is 14.3. The molecule has 0 bridgehead atoms. The quantitative estimate of drug-likeness (QED) is 0.662. The minimum atomic E-state index is -2.01. The third kappa shape index (κ3) is 3.41. The molecule has 0 amide bonds. The van der Waals surface area contributed by atoms with Gasteiger partial charge in [0, 0.05) is 13.5 Å². The fourth-order valence-electron chi connectivity index (χ4n) is 2.92. The standard InChI is InChI=1S/C17H18N4O4/c1-4-24-13-5-14(12(2)25-15(22)7-23-3)17(10-20,11-21)16(6-13,8-18)9-19/h5,12,14H,4,6-7H2,1-3H3. The van der Waals surface area contributed by atoms with Gasteiger partial charge < -0.3 is 14.2 Å². The van der Waals surface area contributed by atoms with Gasteiger partial charge in [-0.1, -0.05) is 0 Å². The van der Waals surface area contributed by atoms with E-state index in [1.165, 1.54) is 20.1 Å². The number of ether oxygens (including phenoxy) is 3. The van der Waals surface area contributed by atoms with E-state index >= 15 is 0 Å². The molecule has 2 unspecified atom stereocenters. The number of nitriles is 4. The third-order valence-electron chi connectivity index (χ3n) is 4.13. The van der Waals surface area contributed by atoms with Crippen molar-refractivity contribution in [2.45, 2.75) is 26.4 Å². The normalized spacial score (nSPS) is 21.2. The number of esters is 1. The molecule has 1 aliphatic carbocycles. The monoisotopic (exact) mass is 342 g/mol. The van der Waals surface area contributed by atoms with Crippen molar-refractivity contribution in [2.24, 2.45) is 16.7 Å². The fraction of sp³-hybridized carbons (Fsp3) is 0.588. The molecule has 1 aliphatic rings. The van der Waals surface area contributed by atoms with Gasteiger partial charge in [-0.15, -0.1) is 0 Å². The van der Waals surface area contributed by atoms with Crippen LogP contribution in [0, 0.1) is 62.1 Å². The minimum absolute atomic E-state index is 0.190. The van der Waals surface area contributed by atoms with Crippen LogP contribution in [0.3, 0.4) is 0 Å². The smallest absolute Gasteiger partial charge is 0.332 e. The number of hydrogen-bond acceptors (Lipinski definition) is 8. The summed E-state index contributed by atoms with van der Waals surface area (Å²) in [4.78, 5) is 11.7. The summed E-state index contributed by atoms with van der Waals surface area (Å²) < 4.78 is 15.3. The van der Waals surface area contributed by atoms with Crippen molar-refractivity contribution in [1.82, 2.24) is 0 Å². The molecule has 2 atom stereocenters. The average molecular weight is 342 g/mol. The first-order valence-corrected chi connectivity index (χ1v) is 7.57. The van der Waals surface area contributed by atoms with Crippen LogP contribution in [0.5, 0.6) is 0 Å². The topological polar surface area (TPSA) is 140 Å². The Kier molecular flexibility index (Phi) is 6.52. The van der Waals surface area contributed by atoms with Crippen LogP contribution in [0.15, 0.2) is 11.8 Å². The van der Waals surface area contributed by atoms with Gasteiger partial charge in [-0.3, -0.25) is 0 Å². The van der Waals surface area contributed by atoms with E-state index in [4.69, 9.17) is 14.2 Å². The molecular formula is C17H18N4O4. The van der Waals surface area contributed by atoms with Gasteiger partial charge >= 0.3 is 5.97 Å². The summed E-state index contributed by atoms with van der Waals surface area (Å²) in [5.74, 6) is -1.39. The molecule has 0 radical (unpaired) electrons. The van der Waals surface area contributed by atoms with E-state index in [1.807, 2.05) is 24.3 Å². The Balaban J connectivity index is 3.47. The maximum Gasteiger partial charge on any atom is 0.332 e. The van der Waals surface area contributed by atoms with E-state index in [0.717, 1.165) is 0 Å². The van der Waals surface area contributed by atoms with E-state index in [2.05, 4.69) is 0 Å². The summed E-state index contributed by atoms with van der Waals surface area (Å²) in [5.41, 5.74) is -3.95. The second-order valence-corrected chi connectivity index (χ2v) is 5.56. The van der Waals surface area contributed by atoms with E-state index in [0.29, 0.717) is 5.76 Å². The van der Waals surface area contributed by atoms with Gasteiger partial charge in [0.1, 0.15) is 12.7 Å². The van der Waals surface area contributed by atoms with Crippen LogP contribution in [-0.4, -0.2) is 32.4 Å². The number of carbonyl (C=O) groups is 1. The maximum absolute atomic E-state index is 11.7. The predicted octanol–water partition coefficient (Wildman–Crippen LogP) is 1.57. The van der Waals surface area contributed by atoms with E-state index in [-0.39, 0.29) is 19.6 Å². The van der Waals surface area contributed by atoms with Crippen LogP contribution in [0.4, 0.5) is 0 Å². The van der Waals surface area contributed by atoms with Gasteiger partial charge in [-0.25, -0.2) is 4.79 Å². The number of nitrogens with zero attached hydrogens (tertiary/aromatic N) is 4. The highest BCUT2D eigenvalue weighted by Gasteiger charge is 2.63. The number of carbonyl (C=O) groups excluding carboxylic acids is 1. The Morgan fingerprint density at radius 3 is 2.32 bits per heavy atom. The van der Waals surface area contributed by atoms with Crippen molar-refractivity contribution in [3.05, 3.63) is 11.8 Å². The summed E-state index contributed by atoms with van der Waals surface area (Å²) in [5, 5.41) is 38.6. The summed E-state index contributed by atoms with van der Waals surface area (Å²) in [6, 6.07) is 7.30. The second-order valence-electron chi connectivity index (χ2n) is 5.56. The van der Waals surface area contributed by atoms with Crippen LogP contribution in [0.2, 0.25) is 0 Å². The van der Waals surface area contributed by atoms with Crippen molar-refractivity contribution in [1.29, 1.82) is 21.0 Å². The Bertz CT molecular complexity index is 689. The van der Waals surface area contributed by atoms with Crippen LogP contribution in [0.25, 0.3) is 0 Å². The number of allylic oxidation sites excluding steroid dienone is 1. The molecule has 8 nitrogen and oxygen atoms in total. The van der Waals surface area contributed by atoms with Gasteiger partial charge in [0.15, 0.2) is 10.8 Å². The highest BCUT2D eigenvalue weighted by Crippen LogP contribution is 2.53. The second kappa shape index (κ2) is 8.15. The molecule has 0 heterocycles. The molecule has 0 saturated heterocycles. The molecular weight excluding hydrogens is 324 g/mol. The van der Waals surface area contributed by atoms with Crippen molar-refractivity contribution in [2.75, 3.05) is 20.3 Å². The van der Waals surface area contributed by atoms with Crippen LogP contribution in [-0.2, 0) is 19.0 Å². The number of hydrogen-bond donors (Lipinski definition) is 0. The number of rotatable bonds is 6. The largest absolute Gasteiger partial charge is 0.498 e. The lowest BCUT2D eigenvalue weighted by Gasteiger charge is -2.42. The summed E-state index contributed by atoms with van der Waals surface area (Å²) >= 11 is 0. The van der Waals surface area contributed by atoms with E-state index < -0.39 is 28.8 Å². The lowest BCUT2D eigenvalue weighted by molar-refractivity contribution is -0.156. The third-order valence-corrected chi connectivity index (χ3v) is 4.13. The molecule has 130 valence electrons. The molecule has 8 heteroatoms. The minimum Gasteiger partial charge on any atom is -0.498 e. The SMILES string of the molecule is CCOC1=CC(C(C)OC(=O)COC)C(C#N)(C#N)C(C#N)(C#N)C1. The van der Waals surface area contributed by atoms with Gasteiger partial charge in [0.25, 0.3) is 0 Å². The van der Waals surface area contributed by atoms with Crippen LogP contribution >= 0.6 is 0 Å². The molecule has 0 aromatic heterocycles. The van der Waals surface area contributed by atoms with Crippen molar-refractivity contribution < 1.29 is 19.0 Å². The zero-order valence-corrected chi connectivity index (χ0v) is 14.3. The molecule has 0 aromatic rings. The first-order valence-electron chi connectivity index (χ1n) is 7.57. The first kappa shape index (κ1) is 20.0. The molecule has 0 aromatic carbocycles. The zero-order chi connectivity index (χ0) is 19.1.